The molecule has 1 atom stereocenters. The Morgan fingerprint density at radius 1 is 1.05 bits per heavy atom. The number of nitrogens with zero attached hydrogens (tertiary/aromatic N) is 3. The third kappa shape index (κ3) is 6.35. The number of aryl methyl sites for hydroxylation is 1. The smallest absolute Gasteiger partial charge is 0.317 e. The summed E-state index contributed by atoms with van der Waals surface area (Å²) >= 11 is 6.20. The molecule has 1 aliphatic carbocycles. The second-order valence-electron chi connectivity index (χ2n) is 11.2. The molecule has 1 N–H and O–H groups in total. The Morgan fingerprint density at radius 3 is 2.58 bits per heavy atom. The fraction of sp³-hybridized carbons (Fsp3) is 0.548. The lowest BCUT2D eigenvalue weighted by Crippen LogP contribution is -2.54. The number of hydrogen-bond donors (Lipinski definition) is 1. The molecule has 0 radical (unpaired) electrons. The van der Waals surface area contributed by atoms with Gasteiger partial charge in [-0.1, -0.05) is 35.9 Å². The van der Waals surface area contributed by atoms with E-state index < -0.39 is 0 Å². The first-order valence-electron chi connectivity index (χ1n) is 14.4. The Kier molecular flexibility index (Phi) is 8.90. The van der Waals surface area contributed by atoms with Crippen molar-refractivity contribution in [1.82, 2.24) is 20.0 Å². The molecule has 7 heteroatoms. The number of likely N-dealkylation sites (N-methyl/N-ethyl adjacent to an activating group) is 1. The highest BCUT2D eigenvalue weighted by Gasteiger charge is 2.30. The minimum Gasteiger partial charge on any atom is -0.341 e. The van der Waals surface area contributed by atoms with E-state index in [1.54, 1.807) is 0 Å². The van der Waals surface area contributed by atoms with E-state index in [0.29, 0.717) is 12.6 Å². The lowest BCUT2D eigenvalue weighted by molar-refractivity contribution is 0.0776. The number of benzene rings is 2. The van der Waals surface area contributed by atoms with E-state index in [1.807, 2.05) is 41.1 Å². The number of piperidine rings is 1. The Morgan fingerprint density at radius 2 is 1.82 bits per heavy atom. The Hall–Kier alpha value is -2.57. The molecule has 38 heavy (non-hydrogen) atoms. The summed E-state index contributed by atoms with van der Waals surface area (Å²) in [5.74, 6) is 0.356. The average molecular weight is 537 g/mol. The predicted molar refractivity (Wildman–Crippen MR) is 153 cm³/mol. The number of nitrogens with one attached hydrogen (secondary N) is 1. The predicted octanol–water partition coefficient (Wildman–Crippen LogP) is 5.34. The highest BCUT2D eigenvalue weighted by molar-refractivity contribution is 6.30. The van der Waals surface area contributed by atoms with Gasteiger partial charge in [-0.15, -0.1) is 0 Å². The molecular formula is C31H41ClN4O2. The maximum Gasteiger partial charge on any atom is 0.317 e. The number of fused-ring (bicyclic) bond motifs is 1. The molecule has 0 spiro atoms. The SMILES string of the molecule is CN(CC(CCN1CCC(N2CCCNC2=O)CC1)c1ccc(Cl)cc1)C(=O)c1cccc2c1CCCC2. The molecule has 2 heterocycles. The highest BCUT2D eigenvalue weighted by atomic mass is 35.5. The van der Waals surface area contributed by atoms with Crippen LogP contribution in [0.4, 0.5) is 4.79 Å². The topological polar surface area (TPSA) is 55.9 Å². The molecule has 2 fully saturated rings. The van der Waals surface area contributed by atoms with E-state index in [4.69, 9.17) is 11.6 Å². The molecule has 2 aromatic carbocycles. The fourth-order valence-corrected chi connectivity index (χ4v) is 6.61. The Balaban J connectivity index is 1.22. The van der Waals surface area contributed by atoms with Gasteiger partial charge in [-0.3, -0.25) is 4.79 Å². The molecule has 0 aromatic heterocycles. The van der Waals surface area contributed by atoms with Gasteiger partial charge in [-0.05, 0) is 92.8 Å². The first kappa shape index (κ1) is 27.0. The van der Waals surface area contributed by atoms with Crippen molar-refractivity contribution in [3.63, 3.8) is 0 Å². The van der Waals surface area contributed by atoms with Gasteiger partial charge in [0.25, 0.3) is 5.91 Å². The van der Waals surface area contributed by atoms with E-state index in [9.17, 15) is 9.59 Å². The summed E-state index contributed by atoms with van der Waals surface area (Å²) in [6.45, 7) is 5.34. The van der Waals surface area contributed by atoms with E-state index in [0.717, 1.165) is 88.3 Å². The van der Waals surface area contributed by atoms with Crippen molar-refractivity contribution in [3.05, 3.63) is 69.7 Å². The van der Waals surface area contributed by atoms with Gasteiger partial charge in [0, 0.05) is 62.3 Å². The maximum atomic E-state index is 13.6. The van der Waals surface area contributed by atoms with Gasteiger partial charge >= 0.3 is 6.03 Å². The lowest BCUT2D eigenvalue weighted by atomic mass is 9.87. The van der Waals surface area contributed by atoms with E-state index in [1.165, 1.54) is 23.1 Å². The fourth-order valence-electron chi connectivity index (χ4n) is 6.49. The molecule has 5 rings (SSSR count). The zero-order chi connectivity index (χ0) is 26.5. The van der Waals surface area contributed by atoms with Gasteiger partial charge in [0.2, 0.25) is 0 Å². The van der Waals surface area contributed by atoms with Crippen LogP contribution in [0.3, 0.4) is 0 Å². The zero-order valence-corrected chi connectivity index (χ0v) is 23.4. The summed E-state index contributed by atoms with van der Waals surface area (Å²) < 4.78 is 0. The Labute approximate surface area is 232 Å². The number of amides is 3. The second kappa shape index (κ2) is 12.5. The van der Waals surface area contributed by atoms with E-state index in [-0.39, 0.29) is 17.9 Å². The van der Waals surface area contributed by atoms with Crippen LogP contribution < -0.4 is 5.32 Å². The van der Waals surface area contributed by atoms with Gasteiger partial charge in [-0.2, -0.15) is 0 Å². The van der Waals surface area contributed by atoms with Crippen LogP contribution in [-0.2, 0) is 12.8 Å². The molecule has 0 saturated carbocycles. The molecule has 3 amide bonds. The quantitative estimate of drug-likeness (QED) is 0.495. The van der Waals surface area contributed by atoms with Crippen LogP contribution in [0, 0.1) is 0 Å². The third-order valence-corrected chi connectivity index (χ3v) is 8.97. The number of halogens is 1. The summed E-state index contributed by atoms with van der Waals surface area (Å²) in [6, 6.07) is 14.8. The second-order valence-corrected chi connectivity index (χ2v) is 11.7. The van der Waals surface area contributed by atoms with Crippen molar-refractivity contribution in [2.24, 2.45) is 0 Å². The number of rotatable bonds is 8. The highest BCUT2D eigenvalue weighted by Crippen LogP contribution is 2.28. The number of carbonyl (C=O) groups is 2. The van der Waals surface area contributed by atoms with Crippen molar-refractivity contribution in [2.45, 2.75) is 63.3 Å². The molecule has 2 saturated heterocycles. The minimum absolute atomic E-state index is 0.102. The van der Waals surface area contributed by atoms with Crippen molar-refractivity contribution in [1.29, 1.82) is 0 Å². The van der Waals surface area contributed by atoms with Gasteiger partial charge in [0.15, 0.2) is 0 Å². The van der Waals surface area contributed by atoms with Crippen LogP contribution in [0.1, 0.15) is 71.5 Å². The third-order valence-electron chi connectivity index (χ3n) is 8.71. The molecule has 6 nitrogen and oxygen atoms in total. The van der Waals surface area contributed by atoms with E-state index >= 15 is 0 Å². The molecule has 2 aromatic rings. The van der Waals surface area contributed by atoms with Crippen molar-refractivity contribution >= 4 is 23.5 Å². The van der Waals surface area contributed by atoms with Crippen LogP contribution >= 0.6 is 11.6 Å². The van der Waals surface area contributed by atoms with Crippen molar-refractivity contribution in [3.8, 4) is 0 Å². The lowest BCUT2D eigenvalue weighted by Gasteiger charge is -2.40. The number of hydrogen-bond acceptors (Lipinski definition) is 3. The maximum absolute atomic E-state index is 13.6. The first-order chi connectivity index (χ1) is 18.5. The normalized spacial score (nSPS) is 19.5. The molecule has 2 aliphatic heterocycles. The summed E-state index contributed by atoms with van der Waals surface area (Å²) in [4.78, 5) is 32.4. The van der Waals surface area contributed by atoms with Crippen LogP contribution in [-0.4, -0.2) is 79.0 Å². The summed E-state index contributed by atoms with van der Waals surface area (Å²) in [5.41, 5.74) is 4.70. The monoisotopic (exact) mass is 536 g/mol. The van der Waals surface area contributed by atoms with Crippen LogP contribution in [0.15, 0.2) is 42.5 Å². The molecule has 1 unspecified atom stereocenters. The minimum atomic E-state index is 0.102. The van der Waals surface area contributed by atoms with Gasteiger partial charge < -0.3 is 20.0 Å². The van der Waals surface area contributed by atoms with E-state index in [2.05, 4.69) is 28.4 Å². The Bertz CT molecular complexity index is 1110. The summed E-state index contributed by atoms with van der Waals surface area (Å²) in [5, 5.41) is 3.72. The largest absolute Gasteiger partial charge is 0.341 e. The summed E-state index contributed by atoms with van der Waals surface area (Å²) in [7, 11) is 1.95. The number of urea groups is 1. The van der Waals surface area contributed by atoms with Gasteiger partial charge in [-0.25, -0.2) is 4.79 Å². The van der Waals surface area contributed by atoms with Gasteiger partial charge in [0.1, 0.15) is 0 Å². The number of likely N-dealkylation sites (tertiary alicyclic amines) is 1. The molecule has 0 bridgehead atoms. The van der Waals surface area contributed by atoms with Crippen molar-refractivity contribution < 1.29 is 9.59 Å². The van der Waals surface area contributed by atoms with Gasteiger partial charge in [0.05, 0.1) is 0 Å². The summed E-state index contributed by atoms with van der Waals surface area (Å²) in [6.07, 6.45) is 8.50. The van der Waals surface area contributed by atoms with Crippen LogP contribution in [0.2, 0.25) is 5.02 Å². The molecule has 204 valence electrons. The standard InChI is InChI=1S/C31H41ClN4O2/c1-34(30(37)29-9-4-7-24-6-2-3-8-28(24)29)22-25(23-10-12-26(32)13-11-23)14-19-35-20-15-27(16-21-35)36-18-5-17-33-31(36)38/h4,7,9-13,25,27H,2-3,5-6,8,14-22H2,1H3,(H,33,38). The number of carbonyl (C=O) groups excluding carboxylic acids is 2. The first-order valence-corrected chi connectivity index (χ1v) is 14.8. The van der Waals surface area contributed by atoms with Crippen LogP contribution in [0.5, 0.6) is 0 Å². The van der Waals surface area contributed by atoms with Crippen LogP contribution in [0.25, 0.3) is 0 Å². The molecule has 3 aliphatic rings. The van der Waals surface area contributed by atoms with Crippen molar-refractivity contribution in [2.75, 3.05) is 46.3 Å². The average Bonchev–Trinajstić information content (AvgIpc) is 2.95. The zero-order valence-electron chi connectivity index (χ0n) is 22.6. The molecular weight excluding hydrogens is 496 g/mol.